The van der Waals surface area contributed by atoms with Crippen LogP contribution in [0.2, 0.25) is 0 Å². The van der Waals surface area contributed by atoms with Crippen LogP contribution >= 0.6 is 0 Å². The third kappa shape index (κ3) is 1.45. The highest BCUT2D eigenvalue weighted by Crippen LogP contribution is 2.35. The molecule has 0 heterocycles. The largest absolute Gasteiger partial charge is 0.468 e. The van der Waals surface area contributed by atoms with E-state index in [1.165, 1.54) is 18.1 Å². The van der Waals surface area contributed by atoms with Gasteiger partial charge >= 0.3 is 5.97 Å². The Hall–Kier alpha value is -2.09. The standard InChI is InChI=1S/C15H12O2/c1-17-15(16)13-9-8-11-5-2-4-10-6-3-7-12(13)14(10)11/h2-9,13H,1H3. The van der Waals surface area contributed by atoms with Crippen LogP contribution < -0.4 is 0 Å². The van der Waals surface area contributed by atoms with Crippen LogP contribution in [0.1, 0.15) is 17.0 Å². The van der Waals surface area contributed by atoms with Crippen molar-refractivity contribution in [2.75, 3.05) is 7.11 Å². The fourth-order valence-corrected chi connectivity index (χ4v) is 2.43. The quantitative estimate of drug-likeness (QED) is 0.696. The van der Waals surface area contributed by atoms with Crippen LogP contribution in [0.3, 0.4) is 0 Å². The van der Waals surface area contributed by atoms with Gasteiger partial charge in [-0.15, -0.1) is 0 Å². The van der Waals surface area contributed by atoms with Gasteiger partial charge in [0.2, 0.25) is 0 Å². The second-order valence-corrected chi connectivity index (χ2v) is 4.15. The minimum absolute atomic E-state index is 0.205. The Morgan fingerprint density at radius 3 is 2.71 bits per heavy atom. The lowest BCUT2D eigenvalue weighted by molar-refractivity contribution is -0.141. The molecule has 0 amide bonds. The normalized spacial score (nSPS) is 17.1. The zero-order chi connectivity index (χ0) is 11.8. The topological polar surface area (TPSA) is 26.3 Å². The van der Waals surface area contributed by atoms with E-state index < -0.39 is 0 Å². The van der Waals surface area contributed by atoms with Crippen LogP contribution in [-0.2, 0) is 9.53 Å². The number of ether oxygens (including phenoxy) is 1. The van der Waals surface area contributed by atoms with Crippen molar-refractivity contribution in [2.24, 2.45) is 0 Å². The maximum Gasteiger partial charge on any atom is 0.317 e. The van der Waals surface area contributed by atoms with E-state index in [2.05, 4.69) is 18.2 Å². The zero-order valence-electron chi connectivity index (χ0n) is 9.51. The molecule has 3 rings (SSSR count). The summed E-state index contributed by atoms with van der Waals surface area (Å²) in [7, 11) is 1.43. The number of hydrogen-bond donors (Lipinski definition) is 0. The summed E-state index contributed by atoms with van der Waals surface area (Å²) in [4.78, 5) is 11.7. The van der Waals surface area contributed by atoms with E-state index in [0.717, 1.165) is 10.9 Å². The van der Waals surface area contributed by atoms with Crippen LogP contribution in [0, 0.1) is 0 Å². The first-order valence-corrected chi connectivity index (χ1v) is 5.59. The number of carbonyl (C=O) groups is 1. The highest BCUT2D eigenvalue weighted by Gasteiger charge is 2.23. The van der Waals surface area contributed by atoms with Crippen LogP contribution in [0.25, 0.3) is 16.8 Å². The fourth-order valence-electron chi connectivity index (χ4n) is 2.43. The average molecular weight is 224 g/mol. The molecule has 17 heavy (non-hydrogen) atoms. The van der Waals surface area contributed by atoms with Gasteiger partial charge in [-0.2, -0.15) is 0 Å². The van der Waals surface area contributed by atoms with Gasteiger partial charge in [0.15, 0.2) is 0 Å². The maximum absolute atomic E-state index is 11.7. The van der Waals surface area contributed by atoms with Crippen LogP contribution in [0.4, 0.5) is 0 Å². The summed E-state index contributed by atoms with van der Waals surface area (Å²) < 4.78 is 4.85. The van der Waals surface area contributed by atoms with Crippen molar-refractivity contribution >= 4 is 22.8 Å². The van der Waals surface area contributed by atoms with E-state index in [4.69, 9.17) is 4.74 Å². The van der Waals surface area contributed by atoms with Gasteiger partial charge in [0.05, 0.1) is 7.11 Å². The maximum atomic E-state index is 11.7. The first-order valence-electron chi connectivity index (χ1n) is 5.59. The second-order valence-electron chi connectivity index (χ2n) is 4.15. The van der Waals surface area contributed by atoms with Gasteiger partial charge in [0.1, 0.15) is 5.92 Å². The molecule has 2 aromatic rings. The highest BCUT2D eigenvalue weighted by atomic mass is 16.5. The second kappa shape index (κ2) is 3.74. The summed E-state index contributed by atoms with van der Waals surface area (Å²) >= 11 is 0. The molecule has 2 nitrogen and oxygen atoms in total. The van der Waals surface area contributed by atoms with Crippen LogP contribution in [0.5, 0.6) is 0 Å². The van der Waals surface area contributed by atoms with Crippen molar-refractivity contribution in [1.29, 1.82) is 0 Å². The number of hydrogen-bond acceptors (Lipinski definition) is 2. The lowest BCUT2D eigenvalue weighted by Crippen LogP contribution is -2.14. The number of benzene rings is 2. The molecule has 0 saturated heterocycles. The molecule has 0 bridgehead atoms. The molecule has 0 N–H and O–H groups in total. The van der Waals surface area contributed by atoms with E-state index in [1.54, 1.807) is 0 Å². The summed E-state index contributed by atoms with van der Waals surface area (Å²) in [5, 5.41) is 2.33. The van der Waals surface area contributed by atoms with Gasteiger partial charge in [-0.25, -0.2) is 0 Å². The Balaban J connectivity index is 2.30. The molecule has 1 aliphatic rings. The first-order chi connectivity index (χ1) is 8.31. The van der Waals surface area contributed by atoms with Gasteiger partial charge in [-0.1, -0.05) is 48.6 Å². The minimum atomic E-state index is -0.279. The monoisotopic (exact) mass is 224 g/mol. The van der Waals surface area contributed by atoms with E-state index in [0.29, 0.717) is 0 Å². The van der Waals surface area contributed by atoms with Crippen LogP contribution in [0.15, 0.2) is 42.5 Å². The first kappa shape index (κ1) is 10.1. The molecule has 2 heteroatoms. The lowest BCUT2D eigenvalue weighted by atomic mass is 9.86. The Kier molecular flexibility index (Phi) is 2.22. The van der Waals surface area contributed by atoms with Crippen molar-refractivity contribution in [3.8, 4) is 0 Å². The van der Waals surface area contributed by atoms with E-state index in [1.807, 2.05) is 30.4 Å². The summed E-state index contributed by atoms with van der Waals surface area (Å²) in [6.45, 7) is 0. The van der Waals surface area contributed by atoms with Gasteiger partial charge in [-0.05, 0) is 21.9 Å². The lowest BCUT2D eigenvalue weighted by Gasteiger charge is -2.19. The molecule has 0 aliphatic heterocycles. The van der Waals surface area contributed by atoms with E-state index >= 15 is 0 Å². The van der Waals surface area contributed by atoms with Gasteiger partial charge in [-0.3, -0.25) is 4.79 Å². The molecule has 1 aliphatic carbocycles. The molecular formula is C15H12O2. The van der Waals surface area contributed by atoms with E-state index in [-0.39, 0.29) is 11.9 Å². The van der Waals surface area contributed by atoms with Gasteiger partial charge < -0.3 is 4.74 Å². The summed E-state index contributed by atoms with van der Waals surface area (Å²) in [5.74, 6) is -0.484. The smallest absolute Gasteiger partial charge is 0.317 e. The number of methoxy groups -OCH3 is 1. The third-order valence-corrected chi connectivity index (χ3v) is 3.23. The predicted molar refractivity (Wildman–Crippen MR) is 67.7 cm³/mol. The molecule has 84 valence electrons. The highest BCUT2D eigenvalue weighted by molar-refractivity contribution is 6.00. The van der Waals surface area contributed by atoms with Gasteiger partial charge in [0.25, 0.3) is 0 Å². The third-order valence-electron chi connectivity index (χ3n) is 3.23. The summed E-state index contributed by atoms with van der Waals surface area (Å²) in [6.07, 6.45) is 3.90. The molecule has 0 radical (unpaired) electrons. The zero-order valence-corrected chi connectivity index (χ0v) is 9.51. The minimum Gasteiger partial charge on any atom is -0.468 e. The van der Waals surface area contributed by atoms with Crippen molar-refractivity contribution in [3.63, 3.8) is 0 Å². The number of rotatable bonds is 1. The van der Waals surface area contributed by atoms with Gasteiger partial charge in [0, 0.05) is 0 Å². The molecule has 1 atom stereocenters. The van der Waals surface area contributed by atoms with Crippen molar-refractivity contribution in [3.05, 3.63) is 53.6 Å². The Morgan fingerprint density at radius 1 is 1.18 bits per heavy atom. The molecule has 0 fully saturated rings. The number of carbonyl (C=O) groups excluding carboxylic acids is 1. The van der Waals surface area contributed by atoms with Crippen LogP contribution in [-0.4, -0.2) is 13.1 Å². The Bertz CT molecular complexity index is 621. The number of esters is 1. The molecule has 0 aromatic heterocycles. The fraction of sp³-hybridized carbons (Fsp3) is 0.133. The Labute approximate surface area is 99.5 Å². The van der Waals surface area contributed by atoms with E-state index in [9.17, 15) is 4.79 Å². The molecule has 1 unspecified atom stereocenters. The summed E-state index contributed by atoms with van der Waals surface area (Å²) in [5.41, 5.74) is 2.20. The van der Waals surface area contributed by atoms with Crippen molar-refractivity contribution in [2.45, 2.75) is 5.92 Å². The van der Waals surface area contributed by atoms with Crippen molar-refractivity contribution in [1.82, 2.24) is 0 Å². The predicted octanol–water partition coefficient (Wildman–Crippen LogP) is 3.12. The summed E-state index contributed by atoms with van der Waals surface area (Å²) in [6, 6.07) is 12.2. The SMILES string of the molecule is COC(=O)C1C=Cc2cccc3cccc1c23. The van der Waals surface area contributed by atoms with Crippen molar-refractivity contribution < 1.29 is 9.53 Å². The average Bonchev–Trinajstić information content (AvgIpc) is 2.39. The Morgan fingerprint density at radius 2 is 1.94 bits per heavy atom. The molecule has 2 aromatic carbocycles. The molecule has 0 spiro atoms. The molecule has 0 saturated carbocycles. The molecular weight excluding hydrogens is 212 g/mol.